The summed E-state index contributed by atoms with van der Waals surface area (Å²) in [4.78, 5) is 23.4. The van der Waals surface area contributed by atoms with E-state index in [9.17, 15) is 19.8 Å². The van der Waals surface area contributed by atoms with E-state index < -0.39 is 18.0 Å². The number of aromatic nitrogens is 1. The number of phenolic OH excluding ortho intramolecular Hbond substituents is 1. The summed E-state index contributed by atoms with van der Waals surface area (Å²) in [6.45, 7) is 0.0930. The van der Waals surface area contributed by atoms with E-state index in [1.165, 1.54) is 30.3 Å². The average Bonchev–Trinajstić information content (AvgIpc) is 3.30. The van der Waals surface area contributed by atoms with Crippen LogP contribution in [-0.4, -0.2) is 31.8 Å². The summed E-state index contributed by atoms with van der Waals surface area (Å²) in [5, 5.41) is 31.5. The molecule has 0 amide bonds. The van der Waals surface area contributed by atoms with Crippen LogP contribution in [0, 0.1) is 0 Å². The van der Waals surface area contributed by atoms with Crippen molar-refractivity contribution in [1.29, 1.82) is 0 Å². The Morgan fingerprint density at radius 1 is 0.903 bits per heavy atom. The van der Waals surface area contributed by atoms with Gasteiger partial charge in [-0.15, -0.1) is 0 Å². The molecule has 0 saturated heterocycles. The molecule has 0 saturated carbocycles. The van der Waals surface area contributed by atoms with E-state index in [2.05, 4.69) is 0 Å². The Morgan fingerprint density at radius 3 is 2.26 bits per heavy atom. The first-order chi connectivity index (χ1) is 14.9. The molecule has 4 rings (SSSR count). The van der Waals surface area contributed by atoms with Crippen LogP contribution in [0.2, 0.25) is 0 Å². The Hall–Kier alpha value is -4.10. The van der Waals surface area contributed by atoms with Crippen LogP contribution in [0.4, 0.5) is 0 Å². The van der Waals surface area contributed by atoms with Gasteiger partial charge >= 0.3 is 11.9 Å². The smallest absolute Gasteiger partial charge is 0.339 e. The summed E-state index contributed by atoms with van der Waals surface area (Å²) >= 11 is 0. The quantitative estimate of drug-likeness (QED) is 0.410. The van der Waals surface area contributed by atoms with E-state index in [-0.39, 0.29) is 23.6 Å². The molecule has 0 aliphatic carbocycles. The highest BCUT2D eigenvalue weighted by molar-refractivity contribution is 5.96. The second-order valence-electron chi connectivity index (χ2n) is 7.06. The maximum absolute atomic E-state index is 12.4. The van der Waals surface area contributed by atoms with Crippen molar-refractivity contribution in [3.05, 3.63) is 101 Å². The largest absolute Gasteiger partial charge is 0.508 e. The number of phenols is 1. The molecule has 3 aromatic carbocycles. The Bertz CT molecular complexity index is 1250. The first-order valence-corrected chi connectivity index (χ1v) is 9.48. The number of aliphatic hydroxyl groups is 1. The molecule has 156 valence electrons. The minimum absolute atomic E-state index is 0.0930. The lowest BCUT2D eigenvalue weighted by atomic mass is 9.96. The van der Waals surface area contributed by atoms with E-state index in [1.807, 2.05) is 12.1 Å². The van der Waals surface area contributed by atoms with Gasteiger partial charge in [0, 0.05) is 18.0 Å². The van der Waals surface area contributed by atoms with E-state index in [1.54, 1.807) is 41.2 Å². The van der Waals surface area contributed by atoms with Crippen LogP contribution in [-0.2, 0) is 11.5 Å². The van der Waals surface area contributed by atoms with Gasteiger partial charge in [-0.3, -0.25) is 0 Å². The Balaban J connectivity index is 1.61. The first kappa shape index (κ1) is 20.2. The Morgan fingerprint density at radius 2 is 1.58 bits per heavy atom. The normalized spacial score (nSPS) is 11.9. The van der Waals surface area contributed by atoms with Crippen LogP contribution in [0.5, 0.6) is 5.75 Å². The first-order valence-electron chi connectivity index (χ1n) is 9.48. The number of ether oxygens (including phenoxy) is 1. The van der Waals surface area contributed by atoms with Crippen molar-refractivity contribution in [2.45, 2.75) is 12.8 Å². The van der Waals surface area contributed by atoms with Crippen LogP contribution < -0.4 is 0 Å². The topological polar surface area (TPSA) is 109 Å². The van der Waals surface area contributed by atoms with Crippen molar-refractivity contribution >= 4 is 22.7 Å². The molecule has 1 atom stereocenters. The molecule has 4 aromatic rings. The number of fused-ring (bicyclic) bond motifs is 1. The number of rotatable bonds is 6. The number of aromatic hydroxyl groups is 1. The predicted molar refractivity (Wildman–Crippen MR) is 113 cm³/mol. The molecule has 0 spiro atoms. The molecule has 0 aliphatic heterocycles. The second kappa shape index (κ2) is 8.33. The number of nitrogens with zero attached hydrogens (tertiary/aromatic N) is 1. The third-order valence-electron chi connectivity index (χ3n) is 5.00. The summed E-state index contributed by atoms with van der Waals surface area (Å²) in [5.74, 6) is -1.66. The zero-order chi connectivity index (χ0) is 22.0. The molecule has 3 N–H and O–H groups in total. The summed E-state index contributed by atoms with van der Waals surface area (Å²) < 4.78 is 7.02. The lowest BCUT2D eigenvalue weighted by Crippen LogP contribution is -2.08. The summed E-state index contributed by atoms with van der Waals surface area (Å²) in [6.07, 6.45) is 2.40. The van der Waals surface area contributed by atoms with E-state index in [0.717, 1.165) is 0 Å². The lowest BCUT2D eigenvalue weighted by Gasteiger charge is -2.15. The van der Waals surface area contributed by atoms with Crippen molar-refractivity contribution in [2.24, 2.45) is 0 Å². The SMILES string of the molecule is O=C(O)c1ccc(C(O)c2cc3cc(C(=O)OCn4cccc4)ccc3cc2O)cc1. The molecule has 1 heterocycles. The number of carbonyl (C=O) groups excluding carboxylic acids is 1. The van der Waals surface area contributed by atoms with Crippen LogP contribution in [0.15, 0.2) is 79.1 Å². The highest BCUT2D eigenvalue weighted by Gasteiger charge is 2.17. The molecular weight excluding hydrogens is 398 g/mol. The van der Waals surface area contributed by atoms with Crippen molar-refractivity contribution in [2.75, 3.05) is 0 Å². The fourth-order valence-electron chi connectivity index (χ4n) is 3.31. The highest BCUT2D eigenvalue weighted by Crippen LogP contribution is 2.33. The van der Waals surface area contributed by atoms with E-state index in [4.69, 9.17) is 9.84 Å². The van der Waals surface area contributed by atoms with Gasteiger partial charge in [0.05, 0.1) is 11.1 Å². The van der Waals surface area contributed by atoms with Crippen molar-refractivity contribution in [3.8, 4) is 5.75 Å². The summed E-state index contributed by atoms with van der Waals surface area (Å²) in [6, 6.07) is 17.5. The number of carboxylic acids is 1. The molecule has 0 bridgehead atoms. The molecule has 0 fully saturated rings. The Labute approximate surface area is 177 Å². The molecule has 1 aromatic heterocycles. The molecule has 31 heavy (non-hydrogen) atoms. The number of hydrogen-bond acceptors (Lipinski definition) is 5. The fourth-order valence-corrected chi connectivity index (χ4v) is 3.31. The zero-order valence-electron chi connectivity index (χ0n) is 16.3. The van der Waals surface area contributed by atoms with E-state index in [0.29, 0.717) is 21.9 Å². The highest BCUT2D eigenvalue weighted by atomic mass is 16.5. The Kier molecular flexibility index (Phi) is 5.43. The van der Waals surface area contributed by atoms with Crippen molar-refractivity contribution in [1.82, 2.24) is 4.57 Å². The lowest BCUT2D eigenvalue weighted by molar-refractivity contribution is 0.0372. The molecule has 7 nitrogen and oxygen atoms in total. The van der Waals surface area contributed by atoms with Crippen molar-refractivity contribution in [3.63, 3.8) is 0 Å². The third-order valence-corrected chi connectivity index (χ3v) is 5.00. The third kappa shape index (κ3) is 4.26. The average molecular weight is 417 g/mol. The predicted octanol–water partition coefficient (Wildman–Crippen LogP) is 3.94. The summed E-state index contributed by atoms with van der Waals surface area (Å²) in [5.41, 5.74) is 1.12. The van der Waals surface area contributed by atoms with Gasteiger partial charge < -0.3 is 24.6 Å². The number of aliphatic hydroxyl groups excluding tert-OH is 1. The minimum Gasteiger partial charge on any atom is -0.508 e. The maximum Gasteiger partial charge on any atom is 0.339 e. The summed E-state index contributed by atoms with van der Waals surface area (Å²) in [7, 11) is 0. The number of carboxylic acid groups (broad SMARTS) is 1. The zero-order valence-corrected chi connectivity index (χ0v) is 16.3. The molecule has 0 aliphatic rings. The maximum atomic E-state index is 12.4. The monoisotopic (exact) mass is 417 g/mol. The molecule has 1 unspecified atom stereocenters. The molecule has 0 radical (unpaired) electrons. The van der Waals surface area contributed by atoms with Crippen LogP contribution in [0.3, 0.4) is 0 Å². The van der Waals surface area contributed by atoms with Gasteiger partial charge in [0.1, 0.15) is 11.9 Å². The standard InChI is InChI=1S/C24H19NO6/c26-21-13-17-7-8-18(24(30)31-14-25-9-1-2-10-25)11-19(17)12-20(21)22(27)15-3-5-16(6-4-15)23(28)29/h1-13,22,26-27H,14H2,(H,28,29). The van der Waals surface area contributed by atoms with Gasteiger partial charge in [0.25, 0.3) is 0 Å². The number of benzene rings is 3. The fraction of sp³-hybridized carbons (Fsp3) is 0.0833. The number of hydrogen-bond donors (Lipinski definition) is 3. The molecule has 7 heteroatoms. The number of aromatic carboxylic acids is 1. The van der Waals surface area contributed by atoms with Gasteiger partial charge in [-0.1, -0.05) is 18.2 Å². The molecular formula is C24H19NO6. The van der Waals surface area contributed by atoms with E-state index >= 15 is 0 Å². The number of carbonyl (C=O) groups is 2. The van der Waals surface area contributed by atoms with Gasteiger partial charge in [0.15, 0.2) is 6.73 Å². The van der Waals surface area contributed by atoms with Crippen molar-refractivity contribution < 1.29 is 29.6 Å². The minimum atomic E-state index is -1.17. The second-order valence-corrected chi connectivity index (χ2v) is 7.06. The van der Waals surface area contributed by atoms with Gasteiger partial charge in [-0.05, 0) is 64.9 Å². The van der Waals surface area contributed by atoms with Crippen LogP contribution in [0.1, 0.15) is 37.9 Å². The van der Waals surface area contributed by atoms with Crippen LogP contribution >= 0.6 is 0 Å². The number of esters is 1. The van der Waals surface area contributed by atoms with Crippen LogP contribution in [0.25, 0.3) is 10.8 Å². The van der Waals surface area contributed by atoms with Gasteiger partial charge in [-0.25, -0.2) is 9.59 Å². The van der Waals surface area contributed by atoms with Gasteiger partial charge in [0.2, 0.25) is 0 Å². The van der Waals surface area contributed by atoms with Gasteiger partial charge in [-0.2, -0.15) is 0 Å².